The lowest BCUT2D eigenvalue weighted by molar-refractivity contribution is -0.117. The summed E-state index contributed by atoms with van der Waals surface area (Å²) in [6, 6.07) is 10.1. The van der Waals surface area contributed by atoms with Gasteiger partial charge in [-0.1, -0.05) is 19.3 Å². The van der Waals surface area contributed by atoms with Crippen molar-refractivity contribution in [1.82, 2.24) is 9.47 Å². The number of anilines is 1. The summed E-state index contributed by atoms with van der Waals surface area (Å²) in [4.78, 5) is 15.1. The molecule has 1 fully saturated rings. The third-order valence-corrected chi connectivity index (χ3v) is 6.35. The number of nitrogens with one attached hydrogen (secondary N) is 1. The second-order valence-electron chi connectivity index (χ2n) is 8.56. The van der Waals surface area contributed by atoms with Gasteiger partial charge in [0.25, 0.3) is 0 Å². The van der Waals surface area contributed by atoms with Crippen LogP contribution in [0.3, 0.4) is 0 Å². The number of nitriles is 1. The maximum Gasteiger partial charge on any atom is 0.239 e. The van der Waals surface area contributed by atoms with Crippen LogP contribution in [0, 0.1) is 25.2 Å². The lowest BCUT2D eigenvalue weighted by Crippen LogP contribution is -2.33. The van der Waals surface area contributed by atoms with Crippen molar-refractivity contribution in [3.05, 3.63) is 65.1 Å². The van der Waals surface area contributed by atoms with Crippen LogP contribution < -0.4 is 5.32 Å². The van der Waals surface area contributed by atoms with Crippen LogP contribution in [0.4, 0.5) is 5.82 Å². The SMILES string of the molecule is Cc1c(C#N)c(NC(=O)CN(Cc2ccco2)Cc2ccco2)n(C2CCCCC2)c1C. The molecule has 1 saturated carbocycles. The molecule has 0 saturated heterocycles. The highest BCUT2D eigenvalue weighted by atomic mass is 16.3. The van der Waals surface area contributed by atoms with Gasteiger partial charge in [-0.05, 0) is 56.5 Å². The Labute approximate surface area is 188 Å². The molecule has 0 aliphatic heterocycles. The predicted molar refractivity (Wildman–Crippen MR) is 121 cm³/mol. The summed E-state index contributed by atoms with van der Waals surface area (Å²) in [6.07, 6.45) is 9.01. The molecule has 0 spiro atoms. The molecule has 1 aliphatic carbocycles. The van der Waals surface area contributed by atoms with Crippen molar-refractivity contribution < 1.29 is 13.6 Å². The number of hydrogen-bond donors (Lipinski definition) is 1. The van der Waals surface area contributed by atoms with Gasteiger partial charge >= 0.3 is 0 Å². The molecular weight excluding hydrogens is 404 g/mol. The molecule has 0 aromatic carbocycles. The van der Waals surface area contributed by atoms with E-state index >= 15 is 0 Å². The van der Waals surface area contributed by atoms with E-state index in [1.165, 1.54) is 19.3 Å². The summed E-state index contributed by atoms with van der Waals surface area (Å²) in [7, 11) is 0. The number of furan rings is 2. The monoisotopic (exact) mass is 434 g/mol. The molecule has 1 N–H and O–H groups in total. The Morgan fingerprint density at radius 1 is 1.12 bits per heavy atom. The second-order valence-corrected chi connectivity index (χ2v) is 8.56. The van der Waals surface area contributed by atoms with E-state index in [2.05, 4.69) is 16.0 Å². The summed E-state index contributed by atoms with van der Waals surface area (Å²) in [5, 5.41) is 12.9. The predicted octanol–water partition coefficient (Wildman–Crippen LogP) is 5.31. The maximum absolute atomic E-state index is 13.2. The van der Waals surface area contributed by atoms with Crippen molar-refractivity contribution in [3.8, 4) is 6.07 Å². The quantitative estimate of drug-likeness (QED) is 0.519. The molecule has 0 radical (unpaired) electrons. The van der Waals surface area contributed by atoms with Gasteiger partial charge in [-0.15, -0.1) is 0 Å². The van der Waals surface area contributed by atoms with E-state index in [1.54, 1.807) is 12.5 Å². The van der Waals surface area contributed by atoms with Gasteiger partial charge in [-0.25, -0.2) is 0 Å². The number of aromatic nitrogens is 1. The third-order valence-electron chi connectivity index (χ3n) is 6.35. The lowest BCUT2D eigenvalue weighted by Gasteiger charge is -2.27. The van der Waals surface area contributed by atoms with Crippen molar-refractivity contribution in [1.29, 1.82) is 5.26 Å². The number of carbonyl (C=O) groups is 1. The van der Waals surface area contributed by atoms with Crippen LogP contribution >= 0.6 is 0 Å². The molecule has 3 heterocycles. The standard InChI is InChI=1S/C25H30N4O3/c1-18-19(2)29(20-8-4-3-5-9-20)25(23(18)14-26)27-24(30)17-28(15-21-10-6-12-31-21)16-22-11-7-13-32-22/h6-7,10-13,20H,3-5,8-9,15-17H2,1-2H3,(H,27,30). The molecule has 7 heteroatoms. The highest BCUT2D eigenvalue weighted by Gasteiger charge is 2.26. The third kappa shape index (κ3) is 4.81. The van der Waals surface area contributed by atoms with Crippen LogP contribution in [0.25, 0.3) is 0 Å². The van der Waals surface area contributed by atoms with E-state index in [0.717, 1.165) is 35.6 Å². The molecular formula is C25H30N4O3. The van der Waals surface area contributed by atoms with Crippen LogP contribution in [0.15, 0.2) is 45.6 Å². The van der Waals surface area contributed by atoms with Gasteiger partial charge in [0, 0.05) is 11.7 Å². The molecule has 0 atom stereocenters. The number of rotatable bonds is 8. The van der Waals surface area contributed by atoms with E-state index < -0.39 is 0 Å². The average Bonchev–Trinajstić information content (AvgIpc) is 3.52. The van der Waals surface area contributed by atoms with Crippen LogP contribution in [0.2, 0.25) is 0 Å². The first-order valence-electron chi connectivity index (χ1n) is 11.2. The smallest absolute Gasteiger partial charge is 0.239 e. The first kappa shape index (κ1) is 22.0. The average molecular weight is 435 g/mol. The van der Waals surface area contributed by atoms with E-state index in [0.29, 0.717) is 30.5 Å². The Morgan fingerprint density at radius 2 is 1.75 bits per heavy atom. The van der Waals surface area contributed by atoms with Crippen LogP contribution in [-0.4, -0.2) is 21.9 Å². The molecule has 32 heavy (non-hydrogen) atoms. The zero-order valence-electron chi connectivity index (χ0n) is 18.8. The molecule has 1 amide bonds. The van der Waals surface area contributed by atoms with Gasteiger partial charge in [-0.3, -0.25) is 9.69 Å². The van der Waals surface area contributed by atoms with Crippen LogP contribution in [0.1, 0.15) is 66.5 Å². The Balaban J connectivity index is 1.55. The van der Waals surface area contributed by atoms with Gasteiger partial charge in [0.05, 0.1) is 37.7 Å². The molecule has 3 aromatic heterocycles. The first-order valence-corrected chi connectivity index (χ1v) is 11.2. The Morgan fingerprint density at radius 3 is 2.28 bits per heavy atom. The summed E-state index contributed by atoms with van der Waals surface area (Å²) in [5.41, 5.74) is 2.56. The molecule has 7 nitrogen and oxygen atoms in total. The van der Waals surface area contributed by atoms with E-state index in [9.17, 15) is 10.1 Å². The zero-order valence-corrected chi connectivity index (χ0v) is 18.8. The fourth-order valence-corrected chi connectivity index (χ4v) is 4.67. The van der Waals surface area contributed by atoms with Crippen molar-refractivity contribution in [2.24, 2.45) is 0 Å². The van der Waals surface area contributed by atoms with Gasteiger partial charge < -0.3 is 18.7 Å². The minimum Gasteiger partial charge on any atom is -0.468 e. The maximum atomic E-state index is 13.2. The summed E-state index contributed by atoms with van der Waals surface area (Å²) in [6.45, 7) is 5.12. The summed E-state index contributed by atoms with van der Waals surface area (Å²) < 4.78 is 13.2. The molecule has 1 aliphatic rings. The van der Waals surface area contributed by atoms with Crippen molar-refractivity contribution in [2.45, 2.75) is 65.1 Å². The fraction of sp³-hybridized carbons (Fsp3) is 0.440. The number of carbonyl (C=O) groups excluding carboxylic acids is 1. The highest BCUT2D eigenvalue weighted by Crippen LogP contribution is 2.36. The Kier molecular flexibility index (Phi) is 6.81. The van der Waals surface area contributed by atoms with Crippen molar-refractivity contribution in [3.63, 3.8) is 0 Å². The van der Waals surface area contributed by atoms with Gasteiger partial charge in [0.1, 0.15) is 23.4 Å². The van der Waals surface area contributed by atoms with Gasteiger partial charge in [-0.2, -0.15) is 5.26 Å². The molecule has 4 rings (SSSR count). The van der Waals surface area contributed by atoms with Crippen molar-refractivity contribution in [2.75, 3.05) is 11.9 Å². The van der Waals surface area contributed by atoms with Gasteiger partial charge in [0.15, 0.2) is 0 Å². The zero-order chi connectivity index (χ0) is 22.5. The summed E-state index contributed by atoms with van der Waals surface area (Å²) in [5.74, 6) is 2.03. The van der Waals surface area contributed by atoms with E-state index in [1.807, 2.05) is 43.0 Å². The molecule has 3 aromatic rings. The minimum absolute atomic E-state index is 0.153. The summed E-state index contributed by atoms with van der Waals surface area (Å²) >= 11 is 0. The number of amides is 1. The molecule has 0 bridgehead atoms. The Bertz CT molecular complexity index is 1030. The van der Waals surface area contributed by atoms with Crippen LogP contribution in [-0.2, 0) is 17.9 Å². The minimum atomic E-state index is -0.158. The lowest BCUT2D eigenvalue weighted by atomic mass is 9.95. The second kappa shape index (κ2) is 9.92. The normalized spacial score (nSPS) is 14.6. The van der Waals surface area contributed by atoms with E-state index in [-0.39, 0.29) is 12.5 Å². The Hall–Kier alpha value is -3.24. The molecule has 0 unspecified atom stereocenters. The fourth-order valence-electron chi connectivity index (χ4n) is 4.67. The number of hydrogen-bond acceptors (Lipinski definition) is 5. The highest BCUT2D eigenvalue weighted by molar-refractivity contribution is 5.93. The topological polar surface area (TPSA) is 87.3 Å². The largest absolute Gasteiger partial charge is 0.468 e. The number of nitrogens with zero attached hydrogens (tertiary/aromatic N) is 3. The van der Waals surface area contributed by atoms with Crippen LogP contribution in [0.5, 0.6) is 0 Å². The first-order chi connectivity index (χ1) is 15.6. The van der Waals surface area contributed by atoms with Gasteiger partial charge in [0.2, 0.25) is 5.91 Å². The van der Waals surface area contributed by atoms with Crippen molar-refractivity contribution >= 4 is 11.7 Å². The molecule has 168 valence electrons. The van der Waals surface area contributed by atoms with E-state index in [4.69, 9.17) is 8.83 Å².